The van der Waals surface area contributed by atoms with Gasteiger partial charge in [-0.15, -0.1) is 0 Å². The molecule has 0 aliphatic heterocycles. The average Bonchev–Trinajstić information content (AvgIpc) is 2.38. The maximum absolute atomic E-state index is 7.37. The molecule has 19 heavy (non-hydrogen) atoms. The van der Waals surface area contributed by atoms with E-state index in [0.717, 1.165) is 5.69 Å². The van der Waals surface area contributed by atoms with Gasteiger partial charge in [0.2, 0.25) is 0 Å². The molecule has 0 bridgehead atoms. The molecule has 0 unspecified atom stereocenters. The number of anilines is 1. The molecule has 0 fully saturated rings. The van der Waals surface area contributed by atoms with Gasteiger partial charge in [-0.2, -0.15) is 5.10 Å². The van der Waals surface area contributed by atoms with Gasteiger partial charge in [-0.1, -0.05) is 18.2 Å². The Morgan fingerprint density at radius 3 is 1.95 bits per heavy atom. The summed E-state index contributed by atoms with van der Waals surface area (Å²) in [5.74, 6) is 0. The maximum Gasteiger partial charge on any atom is 0.0834 e. The monoisotopic (exact) mass is 254 g/mol. The summed E-state index contributed by atoms with van der Waals surface area (Å²) in [6.07, 6.45) is 6.79. The lowest BCUT2D eigenvalue weighted by Crippen LogP contribution is -1.97. The standard InChI is InChI=1S/C15H18N4/c1-12(16)8-10-15(11-9-13(2)17)19-18-14-6-4-3-5-7-14/h3-11,16-18H,1-2H3/b10-8+,11-9+,16-12?,17-13?,19-15?. The molecule has 0 aliphatic carbocycles. The first-order chi connectivity index (χ1) is 9.08. The molecule has 0 radical (unpaired) electrons. The van der Waals surface area contributed by atoms with E-state index < -0.39 is 0 Å². The topological polar surface area (TPSA) is 72.1 Å². The van der Waals surface area contributed by atoms with E-state index in [9.17, 15) is 0 Å². The molecule has 0 spiro atoms. The second-order valence-corrected chi connectivity index (χ2v) is 4.05. The van der Waals surface area contributed by atoms with E-state index in [0.29, 0.717) is 17.1 Å². The predicted octanol–water partition coefficient (Wildman–Crippen LogP) is 3.65. The van der Waals surface area contributed by atoms with E-state index in [4.69, 9.17) is 10.8 Å². The van der Waals surface area contributed by atoms with Crippen LogP contribution >= 0.6 is 0 Å². The maximum atomic E-state index is 7.37. The van der Waals surface area contributed by atoms with Crippen LogP contribution in [0.2, 0.25) is 0 Å². The van der Waals surface area contributed by atoms with Crippen LogP contribution in [0.1, 0.15) is 13.8 Å². The summed E-state index contributed by atoms with van der Waals surface area (Å²) in [6.45, 7) is 3.40. The fourth-order valence-corrected chi connectivity index (χ4v) is 1.19. The number of benzene rings is 1. The molecule has 0 saturated heterocycles. The molecule has 0 atom stereocenters. The quantitative estimate of drug-likeness (QED) is 0.526. The van der Waals surface area contributed by atoms with Gasteiger partial charge >= 0.3 is 0 Å². The lowest BCUT2D eigenvalue weighted by Gasteiger charge is -2.00. The number of rotatable bonds is 6. The molecule has 98 valence electrons. The first kappa shape index (κ1) is 14.6. The molecule has 0 aromatic heterocycles. The number of nitrogens with one attached hydrogen (secondary N) is 3. The highest BCUT2D eigenvalue weighted by Crippen LogP contribution is 2.04. The minimum absolute atomic E-state index is 0.451. The van der Waals surface area contributed by atoms with E-state index in [-0.39, 0.29) is 0 Å². The van der Waals surface area contributed by atoms with Crippen molar-refractivity contribution in [2.24, 2.45) is 5.10 Å². The van der Waals surface area contributed by atoms with Crippen molar-refractivity contribution >= 4 is 22.8 Å². The Bertz CT molecular complexity index is 498. The van der Waals surface area contributed by atoms with Gasteiger partial charge in [-0.3, -0.25) is 5.43 Å². The number of hydrogen-bond donors (Lipinski definition) is 3. The van der Waals surface area contributed by atoms with E-state index in [1.165, 1.54) is 0 Å². The van der Waals surface area contributed by atoms with Crippen LogP contribution in [0.5, 0.6) is 0 Å². The van der Waals surface area contributed by atoms with Crippen LogP contribution in [0.25, 0.3) is 0 Å². The normalized spacial score (nSPS) is 10.6. The largest absolute Gasteiger partial charge is 0.306 e. The average molecular weight is 254 g/mol. The van der Waals surface area contributed by atoms with Gasteiger partial charge in [-0.25, -0.2) is 0 Å². The highest BCUT2D eigenvalue weighted by atomic mass is 15.3. The minimum Gasteiger partial charge on any atom is -0.306 e. The molecule has 0 heterocycles. The smallest absolute Gasteiger partial charge is 0.0834 e. The van der Waals surface area contributed by atoms with Crippen molar-refractivity contribution in [3.05, 3.63) is 54.6 Å². The van der Waals surface area contributed by atoms with E-state index in [1.54, 1.807) is 38.2 Å². The first-order valence-electron chi connectivity index (χ1n) is 5.93. The number of nitrogens with zero attached hydrogens (tertiary/aromatic N) is 1. The number of hydrogen-bond acceptors (Lipinski definition) is 4. The summed E-state index contributed by atoms with van der Waals surface area (Å²) >= 11 is 0. The minimum atomic E-state index is 0.451. The third-order valence-electron chi connectivity index (χ3n) is 2.10. The van der Waals surface area contributed by atoms with Crippen LogP contribution in [-0.4, -0.2) is 17.1 Å². The van der Waals surface area contributed by atoms with Gasteiger partial charge in [0.25, 0.3) is 0 Å². The SMILES string of the molecule is CC(=N)/C=C/C(/C=C/C(C)=N)=NNc1ccccc1. The van der Waals surface area contributed by atoms with Crippen LogP contribution in [0.3, 0.4) is 0 Å². The van der Waals surface area contributed by atoms with Gasteiger partial charge in [0.15, 0.2) is 0 Å². The molecule has 0 amide bonds. The second kappa shape index (κ2) is 7.76. The second-order valence-electron chi connectivity index (χ2n) is 4.05. The molecular formula is C15H18N4. The van der Waals surface area contributed by atoms with Crippen LogP contribution in [-0.2, 0) is 0 Å². The van der Waals surface area contributed by atoms with Gasteiger partial charge in [0, 0.05) is 11.4 Å². The Balaban J connectivity index is 2.83. The van der Waals surface area contributed by atoms with Crippen molar-refractivity contribution < 1.29 is 0 Å². The van der Waals surface area contributed by atoms with Crippen molar-refractivity contribution in [1.82, 2.24) is 0 Å². The van der Waals surface area contributed by atoms with Crippen molar-refractivity contribution in [1.29, 1.82) is 10.8 Å². The third-order valence-corrected chi connectivity index (χ3v) is 2.10. The van der Waals surface area contributed by atoms with Crippen LogP contribution < -0.4 is 5.43 Å². The zero-order valence-electron chi connectivity index (χ0n) is 11.1. The lowest BCUT2D eigenvalue weighted by molar-refractivity contribution is 1.34. The zero-order chi connectivity index (χ0) is 14.1. The summed E-state index contributed by atoms with van der Waals surface area (Å²) in [4.78, 5) is 0. The summed E-state index contributed by atoms with van der Waals surface area (Å²) in [5, 5.41) is 19.0. The molecule has 1 rings (SSSR count). The summed E-state index contributed by atoms with van der Waals surface area (Å²) in [7, 11) is 0. The highest BCUT2D eigenvalue weighted by Gasteiger charge is 1.91. The van der Waals surface area contributed by atoms with E-state index in [1.807, 2.05) is 30.3 Å². The Hall–Kier alpha value is -2.49. The zero-order valence-corrected chi connectivity index (χ0v) is 11.1. The Kier molecular flexibility index (Phi) is 5.95. The molecule has 4 nitrogen and oxygen atoms in total. The van der Waals surface area contributed by atoms with Crippen molar-refractivity contribution in [3.63, 3.8) is 0 Å². The van der Waals surface area contributed by atoms with Gasteiger partial charge in [0.05, 0.1) is 11.4 Å². The fourth-order valence-electron chi connectivity index (χ4n) is 1.19. The Labute approximate surface area is 113 Å². The molecule has 1 aromatic carbocycles. The number of allylic oxidation sites excluding steroid dienone is 4. The highest BCUT2D eigenvalue weighted by molar-refractivity contribution is 6.10. The molecular weight excluding hydrogens is 236 g/mol. The molecule has 1 aromatic rings. The van der Waals surface area contributed by atoms with Gasteiger partial charge < -0.3 is 10.8 Å². The first-order valence-corrected chi connectivity index (χ1v) is 5.93. The van der Waals surface area contributed by atoms with Crippen molar-refractivity contribution in [3.8, 4) is 0 Å². The lowest BCUT2D eigenvalue weighted by atomic mass is 10.2. The number of para-hydroxylation sites is 1. The van der Waals surface area contributed by atoms with Gasteiger partial charge in [0.1, 0.15) is 0 Å². The third kappa shape index (κ3) is 6.73. The summed E-state index contributed by atoms with van der Waals surface area (Å²) in [5.41, 5.74) is 5.38. The van der Waals surface area contributed by atoms with Crippen molar-refractivity contribution in [2.45, 2.75) is 13.8 Å². The summed E-state index contributed by atoms with van der Waals surface area (Å²) < 4.78 is 0. The Morgan fingerprint density at radius 2 is 1.47 bits per heavy atom. The fraction of sp³-hybridized carbons (Fsp3) is 0.133. The number of hydrazone groups is 1. The van der Waals surface area contributed by atoms with Crippen molar-refractivity contribution in [2.75, 3.05) is 5.43 Å². The van der Waals surface area contributed by atoms with E-state index in [2.05, 4.69) is 10.5 Å². The predicted molar refractivity (Wildman–Crippen MR) is 82.6 cm³/mol. The molecule has 0 aliphatic rings. The van der Waals surface area contributed by atoms with Crippen LogP contribution in [0.4, 0.5) is 5.69 Å². The van der Waals surface area contributed by atoms with Gasteiger partial charge in [-0.05, 0) is 50.3 Å². The van der Waals surface area contributed by atoms with E-state index >= 15 is 0 Å². The van der Waals surface area contributed by atoms with Crippen LogP contribution in [0, 0.1) is 10.8 Å². The Morgan fingerprint density at radius 1 is 0.947 bits per heavy atom. The molecule has 4 heteroatoms. The van der Waals surface area contributed by atoms with Crippen LogP contribution in [0.15, 0.2) is 59.7 Å². The molecule has 0 saturated carbocycles. The molecule has 3 N–H and O–H groups in total. The summed E-state index contributed by atoms with van der Waals surface area (Å²) in [6, 6.07) is 9.61.